The molecule has 0 aliphatic carbocycles. The average Bonchev–Trinajstić information content (AvgIpc) is 2.60. The summed E-state index contributed by atoms with van der Waals surface area (Å²) in [4.78, 5) is 31.6. The van der Waals surface area contributed by atoms with Crippen molar-refractivity contribution in [2.75, 3.05) is 50.8 Å². The molecule has 2 rings (SSSR count). The summed E-state index contributed by atoms with van der Waals surface area (Å²) >= 11 is 0. The van der Waals surface area contributed by atoms with Gasteiger partial charge in [0, 0.05) is 38.9 Å². The lowest BCUT2D eigenvalue weighted by Crippen LogP contribution is -2.50. The van der Waals surface area contributed by atoms with Gasteiger partial charge in [0.2, 0.25) is 11.8 Å². The number of pyridine rings is 1. The molecule has 7 heteroatoms. The van der Waals surface area contributed by atoms with Crippen molar-refractivity contribution >= 4 is 17.6 Å². The third-order valence-electron chi connectivity index (χ3n) is 3.51. The van der Waals surface area contributed by atoms with Gasteiger partial charge in [0.05, 0.1) is 0 Å². The summed E-state index contributed by atoms with van der Waals surface area (Å²) in [6, 6.07) is 5.79. The molecule has 2 amide bonds. The molecule has 23 heavy (non-hydrogen) atoms. The molecule has 0 atom stereocenters. The summed E-state index contributed by atoms with van der Waals surface area (Å²) in [5.41, 5.74) is 0. The Kier molecular flexibility index (Phi) is 6.56. The van der Waals surface area contributed by atoms with Crippen molar-refractivity contribution in [2.24, 2.45) is 0 Å². The van der Waals surface area contributed by atoms with Gasteiger partial charge < -0.3 is 19.9 Å². The number of amides is 2. The largest absolute Gasteiger partial charge is 0.362 e. The second kappa shape index (κ2) is 8.89. The molecule has 1 aromatic rings. The second-order valence-electron chi connectivity index (χ2n) is 5.14. The summed E-state index contributed by atoms with van der Waals surface area (Å²) in [6.07, 6.45) is 3.35. The van der Waals surface area contributed by atoms with Crippen LogP contribution in [0.5, 0.6) is 0 Å². The first-order valence-electron chi connectivity index (χ1n) is 7.60. The minimum Gasteiger partial charge on any atom is -0.362 e. The molecule has 1 N–H and O–H groups in total. The van der Waals surface area contributed by atoms with Gasteiger partial charge in [-0.2, -0.15) is 0 Å². The highest BCUT2D eigenvalue weighted by molar-refractivity contribution is 5.79. The third kappa shape index (κ3) is 5.37. The molecule has 0 aromatic carbocycles. The highest BCUT2D eigenvalue weighted by Crippen LogP contribution is 2.12. The van der Waals surface area contributed by atoms with Crippen LogP contribution in [0.15, 0.2) is 37.1 Å². The van der Waals surface area contributed by atoms with E-state index in [4.69, 9.17) is 4.74 Å². The molecule has 0 bridgehead atoms. The summed E-state index contributed by atoms with van der Waals surface area (Å²) < 4.78 is 5.16. The quantitative estimate of drug-likeness (QED) is 0.719. The number of ether oxygens (including phenoxy) is 1. The van der Waals surface area contributed by atoms with E-state index in [1.165, 1.54) is 0 Å². The number of hydrogen-bond donors (Lipinski definition) is 1. The maximum absolute atomic E-state index is 12.1. The highest BCUT2D eigenvalue weighted by Gasteiger charge is 2.21. The van der Waals surface area contributed by atoms with E-state index in [1.54, 1.807) is 17.2 Å². The number of aromatic nitrogens is 1. The van der Waals surface area contributed by atoms with Crippen LogP contribution in [0.2, 0.25) is 0 Å². The number of nitrogens with one attached hydrogen (secondary N) is 1. The van der Waals surface area contributed by atoms with Crippen molar-refractivity contribution in [1.29, 1.82) is 0 Å². The Balaban J connectivity index is 1.67. The van der Waals surface area contributed by atoms with Gasteiger partial charge in [-0.3, -0.25) is 9.59 Å². The fourth-order valence-electron chi connectivity index (χ4n) is 2.29. The van der Waals surface area contributed by atoms with Crippen LogP contribution in [0.1, 0.15) is 0 Å². The summed E-state index contributed by atoms with van der Waals surface area (Å²) in [6.45, 7) is 6.43. The van der Waals surface area contributed by atoms with Gasteiger partial charge in [0.25, 0.3) is 0 Å². The van der Waals surface area contributed by atoms with E-state index in [-0.39, 0.29) is 25.0 Å². The highest BCUT2D eigenvalue weighted by atomic mass is 16.5. The van der Waals surface area contributed by atoms with Crippen LogP contribution in [-0.4, -0.2) is 67.6 Å². The van der Waals surface area contributed by atoms with Crippen molar-refractivity contribution in [2.45, 2.75) is 0 Å². The monoisotopic (exact) mass is 318 g/mol. The number of carbonyl (C=O) groups excluding carboxylic acids is 2. The zero-order valence-electron chi connectivity index (χ0n) is 13.1. The molecule has 1 saturated heterocycles. The Bertz CT molecular complexity index is 527. The van der Waals surface area contributed by atoms with E-state index < -0.39 is 0 Å². The fourth-order valence-corrected chi connectivity index (χ4v) is 2.29. The molecule has 1 aromatic heterocycles. The molecule has 0 spiro atoms. The first kappa shape index (κ1) is 17.0. The van der Waals surface area contributed by atoms with Crippen molar-refractivity contribution in [1.82, 2.24) is 15.2 Å². The molecule has 7 nitrogen and oxygen atoms in total. The van der Waals surface area contributed by atoms with Gasteiger partial charge in [-0.05, 0) is 12.1 Å². The Hall–Kier alpha value is -2.41. The van der Waals surface area contributed by atoms with Crippen LogP contribution < -0.4 is 10.2 Å². The van der Waals surface area contributed by atoms with Crippen LogP contribution in [0.3, 0.4) is 0 Å². The molecule has 124 valence electrons. The lowest BCUT2D eigenvalue weighted by molar-refractivity contribution is -0.138. The summed E-state index contributed by atoms with van der Waals surface area (Å²) in [5.74, 6) is 0.578. The maximum atomic E-state index is 12.1. The van der Waals surface area contributed by atoms with Gasteiger partial charge in [-0.15, -0.1) is 6.58 Å². The standard InChI is InChI=1S/C16H22N4O3/c1-2-6-18-15(21)12-23-13-16(22)20-10-8-19(9-11-20)14-5-3-4-7-17-14/h2-5,7H,1,6,8-13H2,(H,18,21). The van der Waals surface area contributed by atoms with Crippen LogP contribution in [-0.2, 0) is 14.3 Å². The van der Waals surface area contributed by atoms with Crippen molar-refractivity contribution in [3.05, 3.63) is 37.1 Å². The Morgan fingerprint density at radius 1 is 1.26 bits per heavy atom. The molecule has 0 unspecified atom stereocenters. The van der Waals surface area contributed by atoms with Crippen molar-refractivity contribution < 1.29 is 14.3 Å². The lowest BCUT2D eigenvalue weighted by atomic mass is 10.3. The Labute approximate surface area is 135 Å². The number of piperazine rings is 1. The molecular weight excluding hydrogens is 296 g/mol. The predicted molar refractivity (Wildman–Crippen MR) is 87.1 cm³/mol. The zero-order valence-corrected chi connectivity index (χ0v) is 13.1. The van der Waals surface area contributed by atoms with Crippen LogP contribution in [0.25, 0.3) is 0 Å². The molecule has 1 aliphatic rings. The van der Waals surface area contributed by atoms with E-state index in [1.807, 2.05) is 18.2 Å². The normalized spacial score (nSPS) is 14.4. The van der Waals surface area contributed by atoms with Gasteiger partial charge in [0.15, 0.2) is 0 Å². The predicted octanol–water partition coefficient (Wildman–Crippen LogP) is 0.0490. The number of anilines is 1. The fraction of sp³-hybridized carbons (Fsp3) is 0.438. The Morgan fingerprint density at radius 3 is 2.70 bits per heavy atom. The van der Waals surface area contributed by atoms with Crippen LogP contribution >= 0.6 is 0 Å². The molecule has 1 aliphatic heterocycles. The molecular formula is C16H22N4O3. The van der Waals surface area contributed by atoms with Gasteiger partial charge in [0.1, 0.15) is 19.0 Å². The summed E-state index contributed by atoms with van der Waals surface area (Å²) in [7, 11) is 0. The first-order valence-corrected chi connectivity index (χ1v) is 7.60. The molecule has 0 saturated carbocycles. The first-order chi connectivity index (χ1) is 11.2. The van der Waals surface area contributed by atoms with E-state index in [9.17, 15) is 9.59 Å². The lowest BCUT2D eigenvalue weighted by Gasteiger charge is -2.35. The Morgan fingerprint density at radius 2 is 2.04 bits per heavy atom. The minimum absolute atomic E-state index is 0.0783. The number of nitrogens with zero attached hydrogens (tertiary/aromatic N) is 3. The topological polar surface area (TPSA) is 74.8 Å². The smallest absolute Gasteiger partial charge is 0.248 e. The summed E-state index contributed by atoms with van der Waals surface area (Å²) in [5, 5.41) is 2.59. The van der Waals surface area contributed by atoms with E-state index >= 15 is 0 Å². The second-order valence-corrected chi connectivity index (χ2v) is 5.14. The minimum atomic E-state index is -0.252. The number of hydrogen-bond acceptors (Lipinski definition) is 5. The van der Waals surface area contributed by atoms with Crippen LogP contribution in [0.4, 0.5) is 5.82 Å². The molecule has 0 radical (unpaired) electrons. The van der Waals surface area contributed by atoms with Crippen LogP contribution in [0, 0.1) is 0 Å². The van der Waals surface area contributed by atoms with Gasteiger partial charge >= 0.3 is 0 Å². The molecule has 1 fully saturated rings. The number of rotatable bonds is 7. The average molecular weight is 318 g/mol. The molecule has 2 heterocycles. The van der Waals surface area contributed by atoms with E-state index in [0.717, 1.165) is 18.9 Å². The third-order valence-corrected chi connectivity index (χ3v) is 3.51. The van der Waals surface area contributed by atoms with Gasteiger partial charge in [-0.1, -0.05) is 12.1 Å². The van der Waals surface area contributed by atoms with E-state index in [2.05, 4.69) is 21.8 Å². The number of carbonyl (C=O) groups is 2. The maximum Gasteiger partial charge on any atom is 0.248 e. The zero-order chi connectivity index (χ0) is 16.5. The van der Waals surface area contributed by atoms with E-state index in [0.29, 0.717) is 19.6 Å². The van der Waals surface area contributed by atoms with Crippen molar-refractivity contribution in [3.63, 3.8) is 0 Å². The SMILES string of the molecule is C=CCNC(=O)COCC(=O)N1CCN(c2ccccn2)CC1. The van der Waals surface area contributed by atoms with Crippen molar-refractivity contribution in [3.8, 4) is 0 Å². The van der Waals surface area contributed by atoms with Gasteiger partial charge in [-0.25, -0.2) is 4.98 Å².